The number of alkyl halides is 2. The molecule has 0 aliphatic rings. The second-order valence-corrected chi connectivity index (χ2v) is 11.0. The highest BCUT2D eigenvalue weighted by atomic mass is 79.9. The summed E-state index contributed by atoms with van der Waals surface area (Å²) >= 11 is 7.08. The maximum absolute atomic E-state index is 10.4. The van der Waals surface area contributed by atoms with Gasteiger partial charge in [0.1, 0.15) is 11.9 Å². The van der Waals surface area contributed by atoms with Crippen molar-refractivity contribution >= 4 is 38.1 Å². The number of hydrogen-bond donors (Lipinski definition) is 0. The van der Waals surface area contributed by atoms with Gasteiger partial charge < -0.3 is 19.0 Å². The van der Waals surface area contributed by atoms with Crippen molar-refractivity contribution < 1.29 is 19.0 Å². The van der Waals surface area contributed by atoms with Crippen molar-refractivity contribution in [2.75, 3.05) is 33.0 Å². The number of carbonyl (C=O) groups excluding carboxylic acids is 1. The summed E-state index contributed by atoms with van der Waals surface area (Å²) in [5.74, 6) is 0. The lowest BCUT2D eigenvalue weighted by Crippen LogP contribution is -2.42. The Labute approximate surface area is 145 Å². The molecule has 0 aromatic carbocycles. The van der Waals surface area contributed by atoms with Gasteiger partial charge in [0.05, 0.1) is 33.0 Å². The van der Waals surface area contributed by atoms with Crippen LogP contribution in [0.25, 0.3) is 0 Å². The molecule has 0 unspecified atom stereocenters. The van der Waals surface area contributed by atoms with Gasteiger partial charge in [0.2, 0.25) is 0 Å². The number of carbonyl (C=O) groups is 1. The molecule has 0 radical (unpaired) electrons. The lowest BCUT2D eigenvalue weighted by Gasteiger charge is -2.31. The number of hydrogen-bond acceptors (Lipinski definition) is 4. The molecule has 0 N–H and O–H groups in total. The molecule has 0 aromatic rings. The van der Waals surface area contributed by atoms with Crippen molar-refractivity contribution in [2.24, 2.45) is 0 Å². The minimum atomic E-state index is -0.556. The summed E-state index contributed by atoms with van der Waals surface area (Å²) in [5, 5.41) is 0. The highest BCUT2D eigenvalue weighted by Gasteiger charge is 2.28. The Morgan fingerprint density at radius 2 is 1.29 bits per heavy atom. The highest BCUT2D eigenvalue weighted by Crippen LogP contribution is 2.20. The predicted octanol–water partition coefficient (Wildman–Crippen LogP) is 3.73. The van der Waals surface area contributed by atoms with Crippen LogP contribution in [0.1, 0.15) is 41.0 Å². The summed E-state index contributed by atoms with van der Waals surface area (Å²) in [4.78, 5) is 10.4. The van der Waals surface area contributed by atoms with Gasteiger partial charge in [0.25, 0.3) is 0 Å². The SMILES string of the molecule is CC(C)(Br)COCC(C)(COCC(C)(C)Br)OCCC=O. The van der Waals surface area contributed by atoms with Gasteiger partial charge in [-0.15, -0.1) is 0 Å². The number of ether oxygens (including phenoxy) is 3. The molecule has 0 rings (SSSR count). The second-order valence-electron chi connectivity index (χ2n) is 6.68. The molecule has 0 saturated carbocycles. The zero-order chi connectivity index (χ0) is 16.6. The van der Waals surface area contributed by atoms with Crippen LogP contribution in [0.15, 0.2) is 0 Å². The molecule has 0 heterocycles. The summed E-state index contributed by atoms with van der Waals surface area (Å²) in [7, 11) is 0. The first-order valence-corrected chi connectivity index (χ1v) is 8.67. The monoisotopic (exact) mass is 430 g/mol. The molecule has 0 aliphatic carbocycles. The first kappa shape index (κ1) is 21.5. The summed E-state index contributed by atoms with van der Waals surface area (Å²) in [6.45, 7) is 12.5. The van der Waals surface area contributed by atoms with Gasteiger partial charge in [-0.1, -0.05) is 31.9 Å². The van der Waals surface area contributed by atoms with Crippen molar-refractivity contribution in [3.05, 3.63) is 0 Å². The molecular formula is C15H28Br2O4. The molecule has 0 aromatic heterocycles. The summed E-state index contributed by atoms with van der Waals surface area (Å²) in [6, 6.07) is 0. The van der Waals surface area contributed by atoms with Crippen LogP contribution in [0.3, 0.4) is 0 Å². The topological polar surface area (TPSA) is 44.8 Å². The molecule has 0 spiro atoms. The Hall–Kier alpha value is 0.510. The smallest absolute Gasteiger partial charge is 0.122 e. The van der Waals surface area contributed by atoms with Crippen LogP contribution < -0.4 is 0 Å². The van der Waals surface area contributed by atoms with Crippen LogP contribution in [0.2, 0.25) is 0 Å². The predicted molar refractivity (Wildman–Crippen MR) is 92.7 cm³/mol. The number of halogens is 2. The quantitative estimate of drug-likeness (QED) is 0.268. The van der Waals surface area contributed by atoms with Crippen molar-refractivity contribution in [3.63, 3.8) is 0 Å². The van der Waals surface area contributed by atoms with E-state index in [1.54, 1.807) is 0 Å². The molecule has 6 heteroatoms. The molecule has 0 bridgehead atoms. The van der Waals surface area contributed by atoms with Crippen molar-refractivity contribution in [3.8, 4) is 0 Å². The van der Waals surface area contributed by atoms with E-state index in [9.17, 15) is 4.79 Å². The minimum absolute atomic E-state index is 0.0740. The average Bonchev–Trinajstić information content (AvgIpc) is 2.25. The van der Waals surface area contributed by atoms with Gasteiger partial charge in [-0.2, -0.15) is 0 Å². The lowest BCUT2D eigenvalue weighted by atomic mass is 10.1. The molecule has 21 heavy (non-hydrogen) atoms. The van der Waals surface area contributed by atoms with Crippen LogP contribution in [0.4, 0.5) is 0 Å². The van der Waals surface area contributed by atoms with Crippen LogP contribution >= 0.6 is 31.9 Å². The van der Waals surface area contributed by atoms with Crippen LogP contribution in [0.5, 0.6) is 0 Å². The van der Waals surface area contributed by atoms with E-state index in [4.69, 9.17) is 14.2 Å². The molecule has 0 saturated heterocycles. The third-order valence-electron chi connectivity index (χ3n) is 2.39. The van der Waals surface area contributed by atoms with E-state index in [1.807, 2.05) is 34.6 Å². The molecule has 4 nitrogen and oxygen atoms in total. The van der Waals surface area contributed by atoms with E-state index in [-0.39, 0.29) is 8.65 Å². The summed E-state index contributed by atoms with van der Waals surface area (Å²) in [6.07, 6.45) is 1.23. The van der Waals surface area contributed by atoms with Gasteiger partial charge in [0.15, 0.2) is 0 Å². The Bertz CT molecular complexity index is 275. The second kappa shape index (κ2) is 9.60. The zero-order valence-corrected chi connectivity index (χ0v) is 16.9. The zero-order valence-electron chi connectivity index (χ0n) is 13.7. The van der Waals surface area contributed by atoms with Gasteiger partial charge in [-0.3, -0.25) is 0 Å². The van der Waals surface area contributed by atoms with Gasteiger partial charge in [-0.05, 0) is 34.6 Å². The Morgan fingerprint density at radius 3 is 1.62 bits per heavy atom. The number of aldehydes is 1. The molecule has 126 valence electrons. The first-order valence-electron chi connectivity index (χ1n) is 7.08. The fourth-order valence-corrected chi connectivity index (χ4v) is 1.82. The van der Waals surface area contributed by atoms with Gasteiger partial charge >= 0.3 is 0 Å². The van der Waals surface area contributed by atoms with E-state index >= 15 is 0 Å². The van der Waals surface area contributed by atoms with Gasteiger partial charge in [0, 0.05) is 15.1 Å². The van der Waals surface area contributed by atoms with E-state index < -0.39 is 5.60 Å². The summed E-state index contributed by atoms with van der Waals surface area (Å²) < 4.78 is 17.1. The average molecular weight is 432 g/mol. The fraction of sp³-hybridized carbons (Fsp3) is 0.933. The molecule has 0 amide bonds. The van der Waals surface area contributed by atoms with E-state index in [0.717, 1.165) is 6.29 Å². The van der Waals surface area contributed by atoms with E-state index in [0.29, 0.717) is 39.5 Å². The van der Waals surface area contributed by atoms with Gasteiger partial charge in [-0.25, -0.2) is 0 Å². The van der Waals surface area contributed by atoms with E-state index in [2.05, 4.69) is 31.9 Å². The van der Waals surface area contributed by atoms with Crippen LogP contribution in [0, 0.1) is 0 Å². The molecule has 0 atom stereocenters. The maximum Gasteiger partial charge on any atom is 0.122 e. The summed E-state index contributed by atoms with van der Waals surface area (Å²) in [5.41, 5.74) is -0.556. The standard InChI is InChI=1S/C15H28Br2O4/c1-13(2,16)9-19-11-15(5,21-8-6-7-18)12-20-10-14(3,4)17/h7H,6,8-12H2,1-5H3. The Morgan fingerprint density at radius 1 is 0.857 bits per heavy atom. The van der Waals surface area contributed by atoms with E-state index in [1.165, 1.54) is 0 Å². The van der Waals surface area contributed by atoms with Crippen molar-refractivity contribution in [1.29, 1.82) is 0 Å². The molecular weight excluding hydrogens is 404 g/mol. The fourth-order valence-electron chi connectivity index (χ4n) is 1.50. The lowest BCUT2D eigenvalue weighted by molar-refractivity contribution is -0.132. The van der Waals surface area contributed by atoms with Crippen molar-refractivity contribution in [2.45, 2.75) is 55.3 Å². The third-order valence-corrected chi connectivity index (χ3v) is 2.85. The van der Waals surface area contributed by atoms with Crippen LogP contribution in [-0.2, 0) is 19.0 Å². The van der Waals surface area contributed by atoms with Crippen molar-refractivity contribution in [1.82, 2.24) is 0 Å². The Balaban J connectivity index is 4.35. The first-order chi connectivity index (χ1) is 9.47. The normalized spacial score (nSPS) is 13.5. The highest BCUT2D eigenvalue weighted by molar-refractivity contribution is 9.10. The largest absolute Gasteiger partial charge is 0.377 e. The molecule has 0 aliphatic heterocycles. The minimum Gasteiger partial charge on any atom is -0.377 e. The third kappa shape index (κ3) is 13.9. The Kier molecular flexibility index (Phi) is 9.84. The molecule has 0 fully saturated rings. The van der Waals surface area contributed by atoms with Crippen LogP contribution in [-0.4, -0.2) is 53.6 Å². The maximum atomic E-state index is 10.4. The number of rotatable bonds is 12.